The fourth-order valence-electron chi connectivity index (χ4n) is 1.06. The lowest BCUT2D eigenvalue weighted by Crippen LogP contribution is -2.05. The SMILES string of the molecule is CC(C)COc1cccc(C(F)F)c1Br. The standard InChI is InChI=1S/C11H13BrF2O/c1-7(2)6-15-9-5-3-4-8(10(9)12)11(13)14/h3-5,7,11H,6H2,1-2H3. The molecule has 0 spiro atoms. The van der Waals surface area contributed by atoms with Crippen LogP contribution in [0, 0.1) is 5.92 Å². The van der Waals surface area contributed by atoms with E-state index in [4.69, 9.17) is 4.74 Å². The lowest BCUT2D eigenvalue weighted by molar-refractivity contribution is 0.149. The largest absolute Gasteiger partial charge is 0.492 e. The number of benzene rings is 1. The molecule has 0 heterocycles. The molecule has 0 saturated carbocycles. The summed E-state index contributed by atoms with van der Waals surface area (Å²) in [6.45, 7) is 4.53. The lowest BCUT2D eigenvalue weighted by Gasteiger charge is -2.12. The molecular weight excluding hydrogens is 266 g/mol. The van der Waals surface area contributed by atoms with E-state index >= 15 is 0 Å². The molecule has 1 aromatic carbocycles. The van der Waals surface area contributed by atoms with Crippen molar-refractivity contribution in [1.82, 2.24) is 0 Å². The molecule has 0 saturated heterocycles. The predicted octanol–water partition coefficient (Wildman–Crippen LogP) is 4.42. The molecule has 0 N–H and O–H groups in total. The van der Waals surface area contributed by atoms with E-state index in [2.05, 4.69) is 15.9 Å². The van der Waals surface area contributed by atoms with E-state index in [-0.39, 0.29) is 5.56 Å². The summed E-state index contributed by atoms with van der Waals surface area (Å²) < 4.78 is 30.8. The number of alkyl halides is 2. The minimum absolute atomic E-state index is 0.0312. The first-order valence-corrected chi connectivity index (χ1v) is 5.51. The third kappa shape index (κ3) is 3.45. The normalized spacial score (nSPS) is 11.1. The summed E-state index contributed by atoms with van der Waals surface area (Å²) in [5.41, 5.74) is -0.0312. The first kappa shape index (κ1) is 12.4. The van der Waals surface area contributed by atoms with Crippen molar-refractivity contribution in [2.75, 3.05) is 6.61 Å². The van der Waals surface area contributed by atoms with Crippen molar-refractivity contribution in [2.24, 2.45) is 5.92 Å². The Hall–Kier alpha value is -0.640. The Labute approximate surface area is 96.6 Å². The van der Waals surface area contributed by atoms with Crippen molar-refractivity contribution in [1.29, 1.82) is 0 Å². The average molecular weight is 279 g/mol. The second kappa shape index (κ2) is 5.45. The zero-order valence-electron chi connectivity index (χ0n) is 8.64. The van der Waals surface area contributed by atoms with Gasteiger partial charge >= 0.3 is 0 Å². The highest BCUT2D eigenvalue weighted by atomic mass is 79.9. The maximum Gasteiger partial charge on any atom is 0.265 e. The van der Waals surface area contributed by atoms with Crippen LogP contribution in [0.25, 0.3) is 0 Å². The van der Waals surface area contributed by atoms with Crippen LogP contribution in [0.5, 0.6) is 5.75 Å². The fourth-order valence-corrected chi connectivity index (χ4v) is 1.62. The molecule has 0 amide bonds. The van der Waals surface area contributed by atoms with Crippen LogP contribution in [0.15, 0.2) is 22.7 Å². The Kier molecular flexibility index (Phi) is 4.51. The van der Waals surface area contributed by atoms with Crippen molar-refractivity contribution in [3.8, 4) is 5.75 Å². The van der Waals surface area contributed by atoms with Crippen LogP contribution in [0.4, 0.5) is 8.78 Å². The quantitative estimate of drug-likeness (QED) is 0.792. The zero-order valence-corrected chi connectivity index (χ0v) is 10.2. The smallest absolute Gasteiger partial charge is 0.265 e. The molecule has 4 heteroatoms. The van der Waals surface area contributed by atoms with Gasteiger partial charge in [-0.2, -0.15) is 0 Å². The molecule has 0 aliphatic heterocycles. The highest BCUT2D eigenvalue weighted by Crippen LogP contribution is 2.34. The van der Waals surface area contributed by atoms with E-state index < -0.39 is 6.43 Å². The molecule has 0 atom stereocenters. The minimum Gasteiger partial charge on any atom is -0.492 e. The monoisotopic (exact) mass is 278 g/mol. The van der Waals surface area contributed by atoms with Gasteiger partial charge in [-0.3, -0.25) is 0 Å². The second-order valence-electron chi connectivity index (χ2n) is 3.66. The summed E-state index contributed by atoms with van der Waals surface area (Å²) in [7, 11) is 0. The van der Waals surface area contributed by atoms with Gasteiger partial charge < -0.3 is 4.74 Å². The van der Waals surface area contributed by atoms with Gasteiger partial charge in [-0.25, -0.2) is 8.78 Å². The van der Waals surface area contributed by atoms with Crippen molar-refractivity contribution in [3.05, 3.63) is 28.2 Å². The molecule has 1 aromatic rings. The van der Waals surface area contributed by atoms with E-state index in [9.17, 15) is 8.78 Å². The molecule has 0 aliphatic rings. The summed E-state index contributed by atoms with van der Waals surface area (Å²) in [6.07, 6.45) is -2.48. The summed E-state index contributed by atoms with van der Waals surface area (Å²) in [5, 5.41) is 0. The number of halogens is 3. The number of hydrogen-bond donors (Lipinski definition) is 0. The van der Waals surface area contributed by atoms with Crippen LogP contribution in [0.2, 0.25) is 0 Å². The van der Waals surface area contributed by atoms with Crippen LogP contribution in [0.3, 0.4) is 0 Å². The van der Waals surface area contributed by atoms with Gasteiger partial charge in [-0.15, -0.1) is 0 Å². The number of rotatable bonds is 4. The second-order valence-corrected chi connectivity index (χ2v) is 4.46. The Morgan fingerprint density at radius 1 is 1.33 bits per heavy atom. The van der Waals surface area contributed by atoms with Gasteiger partial charge in [-0.05, 0) is 27.9 Å². The van der Waals surface area contributed by atoms with E-state index in [1.54, 1.807) is 12.1 Å². The van der Waals surface area contributed by atoms with Crippen molar-refractivity contribution >= 4 is 15.9 Å². The average Bonchev–Trinajstić information content (AvgIpc) is 2.15. The van der Waals surface area contributed by atoms with Crippen molar-refractivity contribution in [3.63, 3.8) is 0 Å². The van der Waals surface area contributed by atoms with Crippen LogP contribution in [0.1, 0.15) is 25.8 Å². The molecule has 84 valence electrons. The van der Waals surface area contributed by atoms with Crippen LogP contribution >= 0.6 is 15.9 Å². The van der Waals surface area contributed by atoms with Crippen molar-refractivity contribution < 1.29 is 13.5 Å². The molecule has 0 radical (unpaired) electrons. The Bertz CT molecular complexity index is 326. The minimum atomic E-state index is -2.48. The molecule has 0 bridgehead atoms. The third-order valence-corrected chi connectivity index (χ3v) is 2.65. The molecule has 1 nitrogen and oxygen atoms in total. The van der Waals surface area contributed by atoms with Crippen LogP contribution < -0.4 is 4.74 Å². The van der Waals surface area contributed by atoms with Gasteiger partial charge in [0.1, 0.15) is 5.75 Å². The Morgan fingerprint density at radius 3 is 2.53 bits per heavy atom. The van der Waals surface area contributed by atoms with Crippen molar-refractivity contribution in [2.45, 2.75) is 20.3 Å². The molecule has 1 rings (SSSR count). The van der Waals surface area contributed by atoms with E-state index in [0.717, 1.165) is 0 Å². The number of hydrogen-bond acceptors (Lipinski definition) is 1. The predicted molar refractivity (Wildman–Crippen MR) is 59.4 cm³/mol. The zero-order chi connectivity index (χ0) is 11.4. The summed E-state index contributed by atoms with van der Waals surface area (Å²) in [5.74, 6) is 0.841. The van der Waals surface area contributed by atoms with Gasteiger partial charge in [0.15, 0.2) is 0 Å². The Morgan fingerprint density at radius 2 is 2.00 bits per heavy atom. The van der Waals surface area contributed by atoms with E-state index in [1.807, 2.05) is 13.8 Å². The number of ether oxygens (including phenoxy) is 1. The summed E-state index contributed by atoms with van der Waals surface area (Å²) >= 11 is 3.13. The molecule has 0 aliphatic carbocycles. The summed E-state index contributed by atoms with van der Waals surface area (Å²) in [6, 6.07) is 4.64. The van der Waals surface area contributed by atoms with Gasteiger partial charge in [0, 0.05) is 5.56 Å². The maximum absolute atomic E-state index is 12.5. The molecule has 0 unspecified atom stereocenters. The van der Waals surface area contributed by atoms with E-state index in [1.165, 1.54) is 6.07 Å². The third-order valence-electron chi connectivity index (χ3n) is 1.80. The van der Waals surface area contributed by atoms with Gasteiger partial charge in [0.05, 0.1) is 11.1 Å². The molecule has 15 heavy (non-hydrogen) atoms. The molecule has 0 fully saturated rings. The Balaban J connectivity index is 2.85. The first-order chi connectivity index (χ1) is 7.02. The highest BCUT2D eigenvalue weighted by Gasteiger charge is 2.14. The van der Waals surface area contributed by atoms with Gasteiger partial charge in [0.25, 0.3) is 6.43 Å². The maximum atomic E-state index is 12.5. The first-order valence-electron chi connectivity index (χ1n) is 4.71. The van der Waals surface area contributed by atoms with Gasteiger partial charge in [0.2, 0.25) is 0 Å². The topological polar surface area (TPSA) is 9.23 Å². The van der Waals surface area contributed by atoms with Crippen LogP contribution in [-0.4, -0.2) is 6.61 Å². The fraction of sp³-hybridized carbons (Fsp3) is 0.455. The van der Waals surface area contributed by atoms with Gasteiger partial charge in [-0.1, -0.05) is 26.0 Å². The molecule has 0 aromatic heterocycles. The van der Waals surface area contributed by atoms with Crippen LogP contribution in [-0.2, 0) is 0 Å². The van der Waals surface area contributed by atoms with E-state index in [0.29, 0.717) is 22.7 Å². The molecular formula is C11H13BrF2O. The summed E-state index contributed by atoms with van der Waals surface area (Å²) in [4.78, 5) is 0. The highest BCUT2D eigenvalue weighted by molar-refractivity contribution is 9.10. The lowest BCUT2D eigenvalue weighted by atomic mass is 10.2.